The van der Waals surface area contributed by atoms with Crippen LogP contribution in [-0.4, -0.2) is 37.5 Å². The molecule has 2 N–H and O–H groups in total. The van der Waals surface area contributed by atoms with Gasteiger partial charge in [0.25, 0.3) is 0 Å². The van der Waals surface area contributed by atoms with E-state index in [0.29, 0.717) is 0 Å². The molecule has 0 unspecified atom stereocenters. The van der Waals surface area contributed by atoms with Crippen molar-refractivity contribution in [3.63, 3.8) is 0 Å². The number of carbonyl (C=O) groups excluding carboxylic acids is 2. The van der Waals surface area contributed by atoms with Gasteiger partial charge in [0.05, 0.1) is 0 Å². The van der Waals surface area contributed by atoms with Crippen LogP contribution in [0.2, 0.25) is 0 Å². The number of amides is 2. The molecule has 0 atom stereocenters. The Labute approximate surface area is 241 Å². The fourth-order valence-corrected chi connectivity index (χ4v) is 6.43. The third-order valence-corrected chi connectivity index (χ3v) is 8.70. The Bertz CT molecular complexity index is 1210. The fraction of sp³-hybridized carbons (Fsp3) is 0.455. The maximum absolute atomic E-state index is 12.5. The second-order valence-electron chi connectivity index (χ2n) is 11.6. The number of benzene rings is 2. The maximum atomic E-state index is 12.5. The molecule has 2 aromatic rings. The molecule has 8 nitrogen and oxygen atoms in total. The molecule has 2 heterocycles. The monoisotopic (exact) mass is 558 g/mol. The lowest BCUT2D eigenvalue weighted by molar-refractivity contribution is -0.118. The molecular formula is C33H38N2O6. The molecule has 2 saturated carbocycles. The zero-order valence-electron chi connectivity index (χ0n) is 23.3. The van der Waals surface area contributed by atoms with Crippen molar-refractivity contribution in [2.45, 2.75) is 69.9 Å². The van der Waals surface area contributed by atoms with E-state index >= 15 is 0 Å². The fourth-order valence-electron chi connectivity index (χ4n) is 6.43. The van der Waals surface area contributed by atoms with E-state index in [1.165, 1.54) is 6.42 Å². The van der Waals surface area contributed by atoms with Crippen LogP contribution in [0.25, 0.3) is 12.2 Å². The van der Waals surface area contributed by atoms with E-state index in [4.69, 9.17) is 18.9 Å². The molecule has 2 fully saturated rings. The number of hydrogen-bond acceptors (Lipinski definition) is 6. The molecule has 2 aliphatic carbocycles. The average Bonchev–Trinajstić information content (AvgIpc) is 3.66. The summed E-state index contributed by atoms with van der Waals surface area (Å²) in [4.78, 5) is 25.0. The van der Waals surface area contributed by atoms with Gasteiger partial charge in [-0.2, -0.15) is 0 Å². The third kappa shape index (κ3) is 7.23. The molecule has 216 valence electrons. The summed E-state index contributed by atoms with van der Waals surface area (Å²) in [6, 6.07) is 11.8. The van der Waals surface area contributed by atoms with Gasteiger partial charge in [-0.25, -0.2) is 0 Å². The minimum absolute atomic E-state index is 0.0442. The number of hydrogen-bond donors (Lipinski definition) is 2. The second-order valence-corrected chi connectivity index (χ2v) is 11.6. The van der Waals surface area contributed by atoms with Crippen LogP contribution >= 0.6 is 0 Å². The van der Waals surface area contributed by atoms with E-state index in [0.717, 1.165) is 97.3 Å². The number of fused-ring (bicyclic) bond motifs is 2. The van der Waals surface area contributed by atoms with E-state index in [1.54, 1.807) is 12.2 Å². The SMILES string of the molecule is O=C(/C=C\c1ccc2c(c1)OCO2)NC1CCC(CC2CCC(NC(=O)/C=C/c3ccc4c(c3)OCO4)CC2)CC1. The van der Waals surface area contributed by atoms with E-state index in [-0.39, 0.29) is 37.5 Å². The molecule has 8 heteroatoms. The second kappa shape index (κ2) is 12.7. The van der Waals surface area contributed by atoms with Gasteiger partial charge in [0.2, 0.25) is 25.4 Å². The van der Waals surface area contributed by atoms with Crippen LogP contribution in [0, 0.1) is 11.8 Å². The minimum atomic E-state index is -0.0442. The highest BCUT2D eigenvalue weighted by Gasteiger charge is 2.27. The standard InChI is InChI=1S/C33H38N2O6/c36-32(15-7-24-5-13-28-30(18-24)40-20-38-28)34-26-9-1-22(2-10-26)17-23-3-11-27(12-4-23)35-33(37)16-8-25-6-14-29-31(19-25)41-21-39-29/h5-8,13-16,18-19,22-23,26-27H,1-4,9-12,17,20-21H2,(H,34,36)(H,35,37)/b15-7-,16-8+. The summed E-state index contributed by atoms with van der Waals surface area (Å²) in [5.41, 5.74) is 1.83. The van der Waals surface area contributed by atoms with E-state index in [2.05, 4.69) is 10.6 Å². The van der Waals surface area contributed by atoms with Gasteiger partial charge in [0.1, 0.15) is 0 Å². The molecule has 6 rings (SSSR count). The highest BCUT2D eigenvalue weighted by atomic mass is 16.7. The molecule has 2 aromatic carbocycles. The number of carbonyl (C=O) groups is 2. The van der Waals surface area contributed by atoms with Crippen LogP contribution in [0.3, 0.4) is 0 Å². The van der Waals surface area contributed by atoms with Gasteiger partial charge in [-0.15, -0.1) is 0 Å². The first-order valence-corrected chi connectivity index (χ1v) is 14.8. The summed E-state index contributed by atoms with van der Waals surface area (Å²) in [6.07, 6.45) is 16.9. The third-order valence-electron chi connectivity index (χ3n) is 8.70. The average molecular weight is 559 g/mol. The minimum Gasteiger partial charge on any atom is -0.454 e. The Morgan fingerprint density at radius 1 is 0.610 bits per heavy atom. The summed E-state index contributed by atoms with van der Waals surface area (Å²) < 4.78 is 21.5. The lowest BCUT2D eigenvalue weighted by atomic mass is 9.75. The zero-order chi connectivity index (χ0) is 28.0. The number of nitrogens with one attached hydrogen (secondary N) is 2. The van der Waals surface area contributed by atoms with Crippen molar-refractivity contribution in [2.75, 3.05) is 13.6 Å². The summed E-state index contributed by atoms with van der Waals surface area (Å²) in [5.74, 6) is 4.29. The van der Waals surface area contributed by atoms with E-state index < -0.39 is 0 Å². The first-order chi connectivity index (χ1) is 20.1. The lowest BCUT2D eigenvalue weighted by Gasteiger charge is -2.34. The topological polar surface area (TPSA) is 95.1 Å². The van der Waals surface area contributed by atoms with Crippen LogP contribution in [0.15, 0.2) is 48.6 Å². The van der Waals surface area contributed by atoms with Gasteiger partial charge in [-0.05, 0) is 117 Å². The molecule has 0 spiro atoms. The van der Waals surface area contributed by atoms with Crippen molar-refractivity contribution in [1.29, 1.82) is 0 Å². The summed E-state index contributed by atoms with van der Waals surface area (Å²) in [5, 5.41) is 6.36. The molecule has 0 bridgehead atoms. The smallest absolute Gasteiger partial charge is 0.244 e. The van der Waals surface area contributed by atoms with E-state index in [9.17, 15) is 9.59 Å². The van der Waals surface area contributed by atoms with Crippen molar-refractivity contribution in [3.8, 4) is 23.0 Å². The van der Waals surface area contributed by atoms with Crippen molar-refractivity contribution < 1.29 is 28.5 Å². The highest BCUT2D eigenvalue weighted by molar-refractivity contribution is 5.92. The first kappa shape index (κ1) is 27.2. The Balaban J connectivity index is 0.865. The molecule has 0 aromatic heterocycles. The predicted octanol–water partition coefficient (Wildman–Crippen LogP) is 5.61. The summed E-state index contributed by atoms with van der Waals surface area (Å²) >= 11 is 0. The maximum Gasteiger partial charge on any atom is 0.244 e. The molecule has 41 heavy (non-hydrogen) atoms. The molecule has 0 saturated heterocycles. The predicted molar refractivity (Wildman–Crippen MR) is 156 cm³/mol. The molecule has 0 radical (unpaired) electrons. The Kier molecular flexibility index (Phi) is 8.44. The van der Waals surface area contributed by atoms with Gasteiger partial charge < -0.3 is 29.6 Å². The van der Waals surface area contributed by atoms with E-state index in [1.807, 2.05) is 48.6 Å². The zero-order valence-corrected chi connectivity index (χ0v) is 23.3. The Morgan fingerprint density at radius 3 is 1.46 bits per heavy atom. The summed E-state index contributed by atoms with van der Waals surface area (Å²) in [7, 11) is 0. The van der Waals surface area contributed by atoms with Crippen LogP contribution in [0.5, 0.6) is 23.0 Å². The number of ether oxygens (including phenoxy) is 4. The van der Waals surface area contributed by atoms with Gasteiger partial charge in [0.15, 0.2) is 23.0 Å². The van der Waals surface area contributed by atoms with Gasteiger partial charge in [-0.3, -0.25) is 9.59 Å². The summed E-state index contributed by atoms with van der Waals surface area (Å²) in [6.45, 7) is 0.488. The number of rotatable bonds is 8. The van der Waals surface area contributed by atoms with Gasteiger partial charge in [-0.1, -0.05) is 12.1 Å². The molecule has 4 aliphatic rings. The molecule has 2 aliphatic heterocycles. The van der Waals surface area contributed by atoms with Crippen molar-refractivity contribution >= 4 is 24.0 Å². The first-order valence-electron chi connectivity index (χ1n) is 14.8. The Hall–Kier alpha value is -3.94. The van der Waals surface area contributed by atoms with Crippen LogP contribution in [0.1, 0.15) is 68.9 Å². The van der Waals surface area contributed by atoms with Crippen molar-refractivity contribution in [2.24, 2.45) is 11.8 Å². The van der Waals surface area contributed by atoms with Gasteiger partial charge in [0, 0.05) is 24.2 Å². The lowest BCUT2D eigenvalue weighted by Crippen LogP contribution is -2.38. The van der Waals surface area contributed by atoms with Gasteiger partial charge >= 0.3 is 0 Å². The highest BCUT2D eigenvalue weighted by Crippen LogP contribution is 2.36. The van der Waals surface area contributed by atoms with Crippen molar-refractivity contribution in [1.82, 2.24) is 10.6 Å². The normalized spacial score (nSPS) is 25.0. The molecule has 2 amide bonds. The largest absolute Gasteiger partial charge is 0.454 e. The van der Waals surface area contributed by atoms with Crippen LogP contribution in [-0.2, 0) is 9.59 Å². The van der Waals surface area contributed by atoms with Crippen LogP contribution in [0.4, 0.5) is 0 Å². The Morgan fingerprint density at radius 2 is 1.02 bits per heavy atom. The van der Waals surface area contributed by atoms with Crippen LogP contribution < -0.4 is 29.6 Å². The molecular weight excluding hydrogens is 520 g/mol. The quantitative estimate of drug-likeness (QED) is 0.409. The van der Waals surface area contributed by atoms with Crippen molar-refractivity contribution in [3.05, 3.63) is 59.7 Å².